The molecular formula is C11H14O2. The van der Waals surface area contributed by atoms with Gasteiger partial charge in [-0.3, -0.25) is 0 Å². The van der Waals surface area contributed by atoms with Gasteiger partial charge in [0.05, 0.1) is 0 Å². The molecule has 0 aliphatic carbocycles. The van der Waals surface area contributed by atoms with Gasteiger partial charge < -0.3 is 9.47 Å². The Kier molecular flexibility index (Phi) is 2.13. The fourth-order valence-electron chi connectivity index (χ4n) is 1.54. The maximum atomic E-state index is 5.30. The van der Waals surface area contributed by atoms with Crippen LogP contribution in [0, 0.1) is 5.92 Å². The average Bonchev–Trinajstić information content (AvgIpc) is 2.49. The average molecular weight is 178 g/mol. The second kappa shape index (κ2) is 3.29. The third kappa shape index (κ3) is 1.77. The number of hydrogen-bond donors (Lipinski definition) is 0. The maximum Gasteiger partial charge on any atom is 0.231 e. The van der Waals surface area contributed by atoms with Gasteiger partial charge in [0, 0.05) is 0 Å². The molecule has 0 saturated heterocycles. The first kappa shape index (κ1) is 8.42. The Balaban J connectivity index is 2.21. The van der Waals surface area contributed by atoms with E-state index >= 15 is 0 Å². The fraction of sp³-hybridized carbons (Fsp3) is 0.455. The van der Waals surface area contributed by atoms with Crippen molar-refractivity contribution in [1.82, 2.24) is 0 Å². The Morgan fingerprint density at radius 3 is 2.77 bits per heavy atom. The smallest absolute Gasteiger partial charge is 0.231 e. The predicted molar refractivity (Wildman–Crippen MR) is 51.1 cm³/mol. The maximum absolute atomic E-state index is 5.30. The summed E-state index contributed by atoms with van der Waals surface area (Å²) in [4.78, 5) is 0. The van der Waals surface area contributed by atoms with Gasteiger partial charge in [-0.2, -0.15) is 0 Å². The van der Waals surface area contributed by atoms with Gasteiger partial charge in [-0.05, 0) is 30.0 Å². The molecule has 1 aromatic carbocycles. The Bertz CT molecular complexity index is 305. The van der Waals surface area contributed by atoms with E-state index in [0.717, 1.165) is 17.9 Å². The van der Waals surface area contributed by atoms with E-state index in [9.17, 15) is 0 Å². The molecule has 0 unspecified atom stereocenters. The zero-order valence-electron chi connectivity index (χ0n) is 8.04. The van der Waals surface area contributed by atoms with Crippen LogP contribution in [-0.4, -0.2) is 6.79 Å². The number of rotatable bonds is 2. The number of hydrogen-bond acceptors (Lipinski definition) is 2. The van der Waals surface area contributed by atoms with Crippen molar-refractivity contribution in [3.63, 3.8) is 0 Å². The van der Waals surface area contributed by atoms with Gasteiger partial charge in [0.15, 0.2) is 11.5 Å². The molecule has 0 N–H and O–H groups in total. The van der Waals surface area contributed by atoms with Crippen LogP contribution in [0.3, 0.4) is 0 Å². The highest BCUT2D eigenvalue weighted by molar-refractivity contribution is 5.44. The summed E-state index contributed by atoms with van der Waals surface area (Å²) in [5.41, 5.74) is 1.32. The summed E-state index contributed by atoms with van der Waals surface area (Å²) in [6.45, 7) is 4.79. The van der Waals surface area contributed by atoms with Crippen LogP contribution in [0.15, 0.2) is 18.2 Å². The van der Waals surface area contributed by atoms with E-state index in [4.69, 9.17) is 9.47 Å². The molecule has 1 aromatic rings. The lowest BCUT2D eigenvalue weighted by Gasteiger charge is -2.05. The van der Waals surface area contributed by atoms with Gasteiger partial charge in [-0.15, -0.1) is 0 Å². The Morgan fingerprint density at radius 2 is 2.00 bits per heavy atom. The van der Waals surface area contributed by atoms with Crippen molar-refractivity contribution >= 4 is 0 Å². The zero-order valence-corrected chi connectivity index (χ0v) is 8.04. The molecule has 0 saturated carbocycles. The molecule has 1 aliphatic rings. The standard InChI is InChI=1S/C11H14O2/c1-8(2)5-9-3-4-10-11(6-9)13-7-12-10/h3-4,6,8H,5,7H2,1-2H3. The van der Waals surface area contributed by atoms with E-state index in [-0.39, 0.29) is 0 Å². The largest absolute Gasteiger partial charge is 0.454 e. The number of fused-ring (bicyclic) bond motifs is 1. The van der Waals surface area contributed by atoms with Gasteiger partial charge in [0.2, 0.25) is 6.79 Å². The number of benzene rings is 1. The summed E-state index contributed by atoms with van der Waals surface area (Å²) < 4.78 is 10.5. The predicted octanol–water partition coefficient (Wildman–Crippen LogP) is 2.61. The van der Waals surface area contributed by atoms with Gasteiger partial charge >= 0.3 is 0 Å². The van der Waals surface area contributed by atoms with Crippen LogP contribution >= 0.6 is 0 Å². The van der Waals surface area contributed by atoms with Crippen molar-refractivity contribution in [1.29, 1.82) is 0 Å². The van der Waals surface area contributed by atoms with Crippen LogP contribution in [0.1, 0.15) is 19.4 Å². The van der Waals surface area contributed by atoms with Crippen LogP contribution < -0.4 is 9.47 Å². The van der Waals surface area contributed by atoms with Gasteiger partial charge in [0.25, 0.3) is 0 Å². The van der Waals surface area contributed by atoms with Gasteiger partial charge in [0.1, 0.15) is 0 Å². The van der Waals surface area contributed by atoms with Crippen LogP contribution in [0.5, 0.6) is 11.5 Å². The third-order valence-electron chi connectivity index (χ3n) is 2.08. The van der Waals surface area contributed by atoms with E-state index in [1.807, 2.05) is 6.07 Å². The molecule has 0 fully saturated rings. The van der Waals surface area contributed by atoms with Crippen molar-refractivity contribution in [2.75, 3.05) is 6.79 Å². The van der Waals surface area contributed by atoms with Crippen molar-refractivity contribution < 1.29 is 9.47 Å². The summed E-state index contributed by atoms with van der Waals surface area (Å²) in [6, 6.07) is 6.16. The summed E-state index contributed by atoms with van der Waals surface area (Å²) >= 11 is 0. The highest BCUT2D eigenvalue weighted by Gasteiger charge is 2.13. The molecule has 2 rings (SSSR count). The highest BCUT2D eigenvalue weighted by Crippen LogP contribution is 2.32. The number of ether oxygens (including phenoxy) is 2. The molecule has 0 bridgehead atoms. The van der Waals surface area contributed by atoms with E-state index in [2.05, 4.69) is 26.0 Å². The molecule has 0 aromatic heterocycles. The summed E-state index contributed by atoms with van der Waals surface area (Å²) in [5.74, 6) is 2.44. The van der Waals surface area contributed by atoms with E-state index in [1.54, 1.807) is 0 Å². The first-order valence-corrected chi connectivity index (χ1v) is 4.64. The Hall–Kier alpha value is -1.18. The fourth-order valence-corrected chi connectivity index (χ4v) is 1.54. The lowest BCUT2D eigenvalue weighted by Crippen LogP contribution is -1.94. The third-order valence-corrected chi connectivity index (χ3v) is 2.08. The molecule has 0 amide bonds. The second-order valence-electron chi connectivity index (χ2n) is 3.79. The van der Waals surface area contributed by atoms with Crippen LogP contribution in [0.2, 0.25) is 0 Å². The first-order chi connectivity index (χ1) is 6.25. The minimum Gasteiger partial charge on any atom is -0.454 e. The SMILES string of the molecule is CC(C)Cc1ccc2c(c1)OCO2. The van der Waals surface area contributed by atoms with Crippen LogP contribution in [-0.2, 0) is 6.42 Å². The molecule has 0 radical (unpaired) electrons. The lowest BCUT2D eigenvalue weighted by atomic mass is 10.0. The van der Waals surface area contributed by atoms with E-state index < -0.39 is 0 Å². The summed E-state index contributed by atoms with van der Waals surface area (Å²) in [5, 5.41) is 0. The molecule has 70 valence electrons. The molecule has 2 heteroatoms. The lowest BCUT2D eigenvalue weighted by molar-refractivity contribution is 0.174. The van der Waals surface area contributed by atoms with Gasteiger partial charge in [-0.25, -0.2) is 0 Å². The van der Waals surface area contributed by atoms with E-state index in [1.165, 1.54) is 5.56 Å². The zero-order chi connectivity index (χ0) is 9.26. The monoisotopic (exact) mass is 178 g/mol. The van der Waals surface area contributed by atoms with E-state index in [0.29, 0.717) is 12.7 Å². The molecule has 1 heterocycles. The van der Waals surface area contributed by atoms with Crippen molar-refractivity contribution in [2.45, 2.75) is 20.3 Å². The van der Waals surface area contributed by atoms with Gasteiger partial charge in [-0.1, -0.05) is 19.9 Å². The quantitative estimate of drug-likeness (QED) is 0.693. The Labute approximate surface area is 78.5 Å². The summed E-state index contributed by atoms with van der Waals surface area (Å²) in [6.07, 6.45) is 1.09. The second-order valence-corrected chi connectivity index (χ2v) is 3.79. The van der Waals surface area contributed by atoms with Crippen molar-refractivity contribution in [2.24, 2.45) is 5.92 Å². The Morgan fingerprint density at radius 1 is 1.23 bits per heavy atom. The molecular weight excluding hydrogens is 164 g/mol. The van der Waals surface area contributed by atoms with Crippen molar-refractivity contribution in [3.05, 3.63) is 23.8 Å². The minimum atomic E-state index is 0.362. The normalized spacial score (nSPS) is 13.8. The van der Waals surface area contributed by atoms with Crippen molar-refractivity contribution in [3.8, 4) is 11.5 Å². The molecule has 0 atom stereocenters. The molecule has 1 aliphatic heterocycles. The highest BCUT2D eigenvalue weighted by atomic mass is 16.7. The topological polar surface area (TPSA) is 18.5 Å². The van der Waals surface area contributed by atoms with Crippen LogP contribution in [0.25, 0.3) is 0 Å². The molecule has 13 heavy (non-hydrogen) atoms. The summed E-state index contributed by atoms with van der Waals surface area (Å²) in [7, 11) is 0. The first-order valence-electron chi connectivity index (χ1n) is 4.64. The molecule has 0 spiro atoms. The minimum absolute atomic E-state index is 0.362. The molecule has 2 nitrogen and oxygen atoms in total. The van der Waals surface area contributed by atoms with Crippen LogP contribution in [0.4, 0.5) is 0 Å².